The average molecular weight is 568 g/mol. The zero-order valence-corrected chi connectivity index (χ0v) is 22.3. The molecule has 4 aromatic rings. The van der Waals surface area contributed by atoms with Crippen LogP contribution in [-0.2, 0) is 22.7 Å². The van der Waals surface area contributed by atoms with E-state index < -0.39 is 21.9 Å². The second-order valence-corrected chi connectivity index (χ2v) is 12.2. The SMILES string of the molecule is Cc1noc(C)c1-c1ccc2c(c1)nc(CCc1ccc(OC(F)(F)F)c(Cl)c1)n2C1CCS(=O)(=O)CC1. The Labute approximate surface area is 222 Å². The van der Waals surface area contributed by atoms with E-state index in [1.807, 2.05) is 32.0 Å². The highest BCUT2D eigenvalue weighted by Crippen LogP contribution is 2.35. The predicted molar refractivity (Wildman–Crippen MR) is 137 cm³/mol. The number of aromatic nitrogens is 3. The van der Waals surface area contributed by atoms with Gasteiger partial charge in [-0.3, -0.25) is 0 Å². The molecule has 0 saturated carbocycles. The second kappa shape index (κ2) is 9.92. The van der Waals surface area contributed by atoms with E-state index in [0.717, 1.165) is 39.2 Å². The van der Waals surface area contributed by atoms with Crippen molar-refractivity contribution >= 4 is 32.5 Å². The molecule has 0 radical (unpaired) electrons. The van der Waals surface area contributed by atoms with E-state index in [0.29, 0.717) is 31.4 Å². The van der Waals surface area contributed by atoms with Gasteiger partial charge in [-0.25, -0.2) is 13.4 Å². The lowest BCUT2D eigenvalue weighted by Crippen LogP contribution is -2.26. The Morgan fingerprint density at radius 3 is 2.47 bits per heavy atom. The fourth-order valence-corrected chi connectivity index (χ4v) is 6.79. The highest BCUT2D eigenvalue weighted by atomic mass is 35.5. The van der Waals surface area contributed by atoms with Gasteiger partial charge in [0.2, 0.25) is 0 Å². The number of hydrogen-bond acceptors (Lipinski definition) is 6. The Kier molecular flexibility index (Phi) is 6.93. The summed E-state index contributed by atoms with van der Waals surface area (Å²) in [5.74, 6) is 1.25. The number of ether oxygens (including phenoxy) is 1. The van der Waals surface area contributed by atoms with E-state index in [1.54, 1.807) is 6.07 Å². The highest BCUT2D eigenvalue weighted by molar-refractivity contribution is 7.91. The number of aryl methyl sites for hydroxylation is 4. The zero-order chi connectivity index (χ0) is 27.2. The minimum atomic E-state index is -4.83. The fraction of sp³-hybridized carbons (Fsp3) is 0.385. The molecule has 5 rings (SSSR count). The van der Waals surface area contributed by atoms with Crippen LogP contribution in [0.25, 0.3) is 22.2 Å². The Balaban J connectivity index is 1.48. The normalized spacial score (nSPS) is 16.3. The molecule has 202 valence electrons. The number of alkyl halides is 3. The molecule has 0 bridgehead atoms. The van der Waals surface area contributed by atoms with Crippen molar-refractivity contribution in [1.29, 1.82) is 0 Å². The maximum atomic E-state index is 12.6. The van der Waals surface area contributed by atoms with Crippen LogP contribution in [-0.4, -0.2) is 41.0 Å². The first-order chi connectivity index (χ1) is 17.9. The van der Waals surface area contributed by atoms with Crippen molar-refractivity contribution < 1.29 is 30.8 Å². The van der Waals surface area contributed by atoms with Gasteiger partial charge in [0.05, 0.1) is 33.3 Å². The Morgan fingerprint density at radius 2 is 1.84 bits per heavy atom. The number of sulfone groups is 1. The predicted octanol–water partition coefficient (Wildman–Crippen LogP) is 6.40. The van der Waals surface area contributed by atoms with E-state index in [9.17, 15) is 21.6 Å². The van der Waals surface area contributed by atoms with Crippen LogP contribution in [0.4, 0.5) is 13.2 Å². The molecule has 1 fully saturated rings. The molecule has 38 heavy (non-hydrogen) atoms. The molecule has 0 spiro atoms. The summed E-state index contributed by atoms with van der Waals surface area (Å²) in [6, 6.07) is 10.1. The molecule has 1 saturated heterocycles. The quantitative estimate of drug-likeness (QED) is 0.268. The van der Waals surface area contributed by atoms with E-state index >= 15 is 0 Å². The fourth-order valence-electron chi connectivity index (χ4n) is 5.08. The van der Waals surface area contributed by atoms with Gasteiger partial charge < -0.3 is 13.8 Å². The number of benzene rings is 2. The summed E-state index contributed by atoms with van der Waals surface area (Å²) in [6.07, 6.45) is -2.90. The summed E-state index contributed by atoms with van der Waals surface area (Å²) >= 11 is 6.04. The van der Waals surface area contributed by atoms with Crippen molar-refractivity contribution in [2.75, 3.05) is 11.5 Å². The van der Waals surface area contributed by atoms with E-state index in [2.05, 4.69) is 14.5 Å². The van der Waals surface area contributed by atoms with Crippen molar-refractivity contribution in [3.05, 3.63) is 64.3 Å². The van der Waals surface area contributed by atoms with Crippen LogP contribution < -0.4 is 4.74 Å². The first-order valence-electron chi connectivity index (χ1n) is 12.1. The Hall–Kier alpha value is -3.05. The van der Waals surface area contributed by atoms with Gasteiger partial charge >= 0.3 is 6.36 Å². The number of rotatable bonds is 6. The van der Waals surface area contributed by atoms with E-state index in [-0.39, 0.29) is 22.6 Å². The summed E-state index contributed by atoms with van der Waals surface area (Å²) in [4.78, 5) is 4.91. The highest BCUT2D eigenvalue weighted by Gasteiger charge is 2.32. The number of hydrogen-bond donors (Lipinski definition) is 0. The van der Waals surface area contributed by atoms with Crippen molar-refractivity contribution in [3.8, 4) is 16.9 Å². The number of nitrogens with zero attached hydrogens (tertiary/aromatic N) is 3. The van der Waals surface area contributed by atoms with Gasteiger partial charge in [-0.15, -0.1) is 13.2 Å². The van der Waals surface area contributed by atoms with Crippen molar-refractivity contribution in [1.82, 2.24) is 14.7 Å². The first kappa shape index (κ1) is 26.6. The summed E-state index contributed by atoms with van der Waals surface area (Å²) < 4.78 is 73.3. The third-order valence-corrected chi connectivity index (χ3v) is 8.84. The molecule has 0 aliphatic carbocycles. The lowest BCUT2D eigenvalue weighted by Gasteiger charge is -2.26. The minimum Gasteiger partial charge on any atom is -0.404 e. The van der Waals surface area contributed by atoms with Gasteiger partial charge in [0.1, 0.15) is 27.2 Å². The standard InChI is InChI=1S/C26H25ClF3N3O4S/c1-15-25(16(2)37-32-15)18-5-6-22-21(14-18)31-24(33(22)19-9-11-38(34,35)12-10-19)8-4-17-3-7-23(20(27)13-17)36-26(28,29)30/h3,5-7,13-14,19H,4,8-12H2,1-2H3. The molecule has 1 aliphatic rings. The number of halogens is 4. The van der Waals surface area contributed by atoms with Crippen molar-refractivity contribution in [2.24, 2.45) is 0 Å². The lowest BCUT2D eigenvalue weighted by atomic mass is 10.0. The summed E-state index contributed by atoms with van der Waals surface area (Å²) in [5, 5.41) is 3.91. The molecule has 0 N–H and O–H groups in total. The molecule has 2 aromatic carbocycles. The Morgan fingerprint density at radius 1 is 1.11 bits per heavy atom. The summed E-state index contributed by atoms with van der Waals surface area (Å²) in [6.45, 7) is 3.72. The Bertz CT molecular complexity index is 1580. The molecular formula is C26H25ClF3N3O4S. The smallest absolute Gasteiger partial charge is 0.404 e. The van der Waals surface area contributed by atoms with Crippen molar-refractivity contribution in [3.63, 3.8) is 0 Å². The molecule has 0 amide bonds. The van der Waals surface area contributed by atoms with Crippen LogP contribution in [0.15, 0.2) is 40.9 Å². The minimum absolute atomic E-state index is 0.0328. The third kappa shape index (κ3) is 5.54. The molecule has 7 nitrogen and oxygen atoms in total. The van der Waals surface area contributed by atoms with Gasteiger partial charge in [-0.05, 0) is 68.5 Å². The molecule has 0 unspecified atom stereocenters. The summed E-state index contributed by atoms with van der Waals surface area (Å²) in [5.41, 5.74) is 4.98. The van der Waals surface area contributed by atoms with Crippen LogP contribution in [0, 0.1) is 13.8 Å². The van der Waals surface area contributed by atoms with Crippen molar-refractivity contribution in [2.45, 2.75) is 51.9 Å². The first-order valence-corrected chi connectivity index (χ1v) is 14.3. The van der Waals surface area contributed by atoms with Gasteiger partial charge in [-0.1, -0.05) is 28.9 Å². The van der Waals surface area contributed by atoms with Gasteiger partial charge in [-0.2, -0.15) is 0 Å². The van der Waals surface area contributed by atoms with Crippen LogP contribution in [0.1, 0.15) is 41.7 Å². The molecular weight excluding hydrogens is 543 g/mol. The average Bonchev–Trinajstić information content (AvgIpc) is 3.37. The zero-order valence-electron chi connectivity index (χ0n) is 20.7. The van der Waals surface area contributed by atoms with Gasteiger partial charge in [0.15, 0.2) is 0 Å². The molecule has 12 heteroatoms. The van der Waals surface area contributed by atoms with Gasteiger partial charge in [0, 0.05) is 18.0 Å². The van der Waals surface area contributed by atoms with Crippen LogP contribution >= 0.6 is 11.6 Å². The molecule has 0 atom stereocenters. The second-order valence-electron chi connectivity index (χ2n) is 9.50. The third-order valence-electron chi connectivity index (χ3n) is 6.83. The monoisotopic (exact) mass is 567 g/mol. The van der Waals surface area contributed by atoms with E-state index in [4.69, 9.17) is 21.1 Å². The van der Waals surface area contributed by atoms with Crippen LogP contribution in [0.5, 0.6) is 5.75 Å². The molecule has 3 heterocycles. The lowest BCUT2D eigenvalue weighted by molar-refractivity contribution is -0.274. The van der Waals surface area contributed by atoms with Gasteiger partial charge in [0.25, 0.3) is 0 Å². The van der Waals surface area contributed by atoms with Crippen LogP contribution in [0.3, 0.4) is 0 Å². The maximum absolute atomic E-state index is 12.6. The maximum Gasteiger partial charge on any atom is 0.573 e. The van der Waals surface area contributed by atoms with Crippen LogP contribution in [0.2, 0.25) is 5.02 Å². The topological polar surface area (TPSA) is 87.2 Å². The van der Waals surface area contributed by atoms with E-state index in [1.165, 1.54) is 12.1 Å². The number of fused-ring (bicyclic) bond motifs is 1. The summed E-state index contributed by atoms with van der Waals surface area (Å²) in [7, 11) is -3.05. The molecule has 2 aromatic heterocycles. The molecule has 1 aliphatic heterocycles. The number of imidazole rings is 1. The largest absolute Gasteiger partial charge is 0.573 e.